The molecule has 0 amide bonds. The Hall–Kier alpha value is -3.44. The molecule has 0 bridgehead atoms. The molecule has 0 radical (unpaired) electrons. The van der Waals surface area contributed by atoms with Gasteiger partial charge in [0.15, 0.2) is 5.75 Å². The van der Waals surface area contributed by atoms with Crippen LogP contribution in [0.5, 0.6) is 5.75 Å². The summed E-state index contributed by atoms with van der Waals surface area (Å²) in [5, 5.41) is 21.4. The summed E-state index contributed by atoms with van der Waals surface area (Å²) >= 11 is 0. The van der Waals surface area contributed by atoms with E-state index in [2.05, 4.69) is 9.71 Å². The number of aromatic nitrogens is 1. The Morgan fingerprint density at radius 2 is 2.03 bits per heavy atom. The van der Waals surface area contributed by atoms with E-state index in [1.54, 1.807) is 18.3 Å². The molecule has 0 saturated heterocycles. The van der Waals surface area contributed by atoms with Crippen LogP contribution in [0, 0.1) is 10.1 Å². The number of fused-ring (bicyclic) bond motifs is 1. The third-order valence-corrected chi connectivity index (χ3v) is 5.82. The molecule has 0 aliphatic heterocycles. The Bertz CT molecular complexity index is 1190. The molecule has 3 N–H and O–H groups in total. The van der Waals surface area contributed by atoms with Crippen molar-refractivity contribution in [2.45, 2.75) is 17.4 Å². The molecule has 1 aromatic heterocycles. The maximum atomic E-state index is 12.7. The Morgan fingerprint density at radius 3 is 2.69 bits per heavy atom. The van der Waals surface area contributed by atoms with Crippen LogP contribution >= 0.6 is 0 Å². The highest BCUT2D eigenvalue weighted by Crippen LogP contribution is 2.29. The summed E-state index contributed by atoms with van der Waals surface area (Å²) in [4.78, 5) is 24.6. The molecule has 10 nitrogen and oxygen atoms in total. The average molecular weight is 419 g/mol. The first-order chi connectivity index (χ1) is 13.7. The highest BCUT2D eigenvalue weighted by Gasteiger charge is 2.28. The first-order valence-corrected chi connectivity index (χ1v) is 9.84. The fourth-order valence-electron chi connectivity index (χ4n) is 2.93. The fourth-order valence-corrected chi connectivity index (χ4v) is 4.14. The van der Waals surface area contributed by atoms with Crippen LogP contribution in [-0.4, -0.2) is 42.6 Å². The van der Waals surface area contributed by atoms with Crippen LogP contribution < -0.4 is 9.46 Å². The van der Waals surface area contributed by atoms with Gasteiger partial charge in [-0.15, -0.1) is 0 Å². The minimum Gasteiger partial charge on any atom is -0.490 e. The number of aliphatic carboxylic acids is 1. The molecule has 0 aliphatic rings. The van der Waals surface area contributed by atoms with Gasteiger partial charge in [0.2, 0.25) is 10.0 Å². The smallest absolute Gasteiger partial charge is 0.322 e. The molecule has 1 heterocycles. The number of methoxy groups -OCH3 is 1. The zero-order chi connectivity index (χ0) is 21.2. The lowest BCUT2D eigenvalue weighted by Gasteiger charge is -2.15. The van der Waals surface area contributed by atoms with Gasteiger partial charge in [-0.2, -0.15) is 4.72 Å². The van der Waals surface area contributed by atoms with Crippen LogP contribution in [0.2, 0.25) is 0 Å². The van der Waals surface area contributed by atoms with Crippen molar-refractivity contribution >= 4 is 32.6 Å². The number of carboxylic acids is 1. The highest BCUT2D eigenvalue weighted by molar-refractivity contribution is 7.89. The fraction of sp³-hybridized carbons (Fsp3) is 0.167. The maximum absolute atomic E-state index is 12.7. The van der Waals surface area contributed by atoms with Crippen LogP contribution in [0.15, 0.2) is 53.6 Å². The Labute approximate surface area is 165 Å². The van der Waals surface area contributed by atoms with Crippen molar-refractivity contribution < 1.29 is 28.0 Å². The van der Waals surface area contributed by atoms with Gasteiger partial charge in [0.1, 0.15) is 6.04 Å². The molecule has 0 unspecified atom stereocenters. The van der Waals surface area contributed by atoms with E-state index in [1.807, 2.05) is 12.1 Å². The topological polar surface area (TPSA) is 152 Å². The maximum Gasteiger partial charge on any atom is 0.322 e. The SMILES string of the molecule is COc1ccc(S(=O)(=O)N[C@@H](Cc2c[nH]c3ccccc23)C(=O)O)cc1[N+](=O)[O-]. The largest absolute Gasteiger partial charge is 0.490 e. The second-order valence-corrected chi connectivity index (χ2v) is 7.88. The number of aromatic amines is 1. The van der Waals surface area contributed by atoms with Gasteiger partial charge in [-0.1, -0.05) is 18.2 Å². The molecule has 0 saturated carbocycles. The summed E-state index contributed by atoms with van der Waals surface area (Å²) in [5.74, 6) is -1.48. The van der Waals surface area contributed by atoms with Crippen molar-refractivity contribution in [3.05, 3.63) is 64.3 Å². The van der Waals surface area contributed by atoms with Gasteiger partial charge >= 0.3 is 11.7 Å². The van der Waals surface area contributed by atoms with E-state index in [4.69, 9.17) is 4.74 Å². The molecule has 3 rings (SSSR count). The van der Waals surface area contributed by atoms with Crippen LogP contribution in [0.3, 0.4) is 0 Å². The van der Waals surface area contributed by atoms with Crippen LogP contribution in [0.1, 0.15) is 5.56 Å². The monoisotopic (exact) mass is 419 g/mol. The third kappa shape index (κ3) is 4.20. The number of carboxylic acid groups (broad SMARTS) is 1. The zero-order valence-electron chi connectivity index (χ0n) is 15.2. The van der Waals surface area contributed by atoms with Crippen molar-refractivity contribution in [2.24, 2.45) is 0 Å². The lowest BCUT2D eigenvalue weighted by atomic mass is 10.1. The number of nitro groups is 1. The van der Waals surface area contributed by atoms with Crippen LogP contribution in [-0.2, 0) is 21.2 Å². The first kappa shape index (κ1) is 20.3. The van der Waals surface area contributed by atoms with Gasteiger partial charge in [-0.3, -0.25) is 14.9 Å². The molecule has 2 aromatic carbocycles. The summed E-state index contributed by atoms with van der Waals surface area (Å²) < 4.78 is 32.3. The first-order valence-electron chi connectivity index (χ1n) is 8.35. The summed E-state index contributed by atoms with van der Waals surface area (Å²) in [6, 6.07) is 8.82. The number of H-pyrrole nitrogens is 1. The van der Waals surface area contributed by atoms with Gasteiger partial charge in [0.05, 0.1) is 16.9 Å². The predicted molar refractivity (Wildman–Crippen MR) is 103 cm³/mol. The lowest BCUT2D eigenvalue weighted by molar-refractivity contribution is -0.386. The third-order valence-electron chi connectivity index (χ3n) is 4.35. The summed E-state index contributed by atoms with van der Waals surface area (Å²) in [6.07, 6.45) is 1.50. The van der Waals surface area contributed by atoms with E-state index in [1.165, 1.54) is 7.11 Å². The van der Waals surface area contributed by atoms with Crippen LogP contribution in [0.4, 0.5) is 5.69 Å². The molecule has 0 aliphatic carbocycles. The molecule has 0 fully saturated rings. The van der Waals surface area contributed by atoms with E-state index in [9.17, 15) is 28.4 Å². The second-order valence-electron chi connectivity index (χ2n) is 6.17. The van der Waals surface area contributed by atoms with Gasteiger partial charge in [0.25, 0.3) is 0 Å². The number of ether oxygens (including phenoxy) is 1. The minimum absolute atomic E-state index is 0.109. The van der Waals surface area contributed by atoms with Crippen molar-refractivity contribution in [3.8, 4) is 5.75 Å². The number of nitrogens with one attached hydrogen (secondary N) is 2. The normalized spacial score (nSPS) is 12.6. The molecule has 152 valence electrons. The van der Waals surface area contributed by atoms with E-state index >= 15 is 0 Å². The van der Waals surface area contributed by atoms with E-state index in [0.29, 0.717) is 5.56 Å². The molecule has 0 spiro atoms. The molecule has 11 heteroatoms. The number of benzene rings is 2. The number of nitrogens with zero attached hydrogens (tertiary/aromatic N) is 1. The Balaban J connectivity index is 1.91. The number of hydrogen-bond acceptors (Lipinski definition) is 6. The Kier molecular flexibility index (Phi) is 5.52. The quantitative estimate of drug-likeness (QED) is 0.373. The number of sulfonamides is 1. The van der Waals surface area contributed by atoms with Crippen molar-refractivity contribution in [1.29, 1.82) is 0 Å². The highest BCUT2D eigenvalue weighted by atomic mass is 32.2. The van der Waals surface area contributed by atoms with E-state index < -0.39 is 37.5 Å². The number of carbonyl (C=O) groups is 1. The van der Waals surface area contributed by atoms with E-state index in [-0.39, 0.29) is 12.2 Å². The molecule has 3 aromatic rings. The lowest BCUT2D eigenvalue weighted by Crippen LogP contribution is -2.42. The van der Waals surface area contributed by atoms with Gasteiger partial charge in [-0.05, 0) is 23.8 Å². The molecular formula is C18H17N3O7S. The van der Waals surface area contributed by atoms with Gasteiger partial charge in [0, 0.05) is 29.6 Å². The molecule has 29 heavy (non-hydrogen) atoms. The number of rotatable bonds is 8. The molecule has 1 atom stereocenters. The summed E-state index contributed by atoms with van der Waals surface area (Å²) in [5.41, 5.74) is 0.871. The van der Waals surface area contributed by atoms with Crippen molar-refractivity contribution in [3.63, 3.8) is 0 Å². The predicted octanol–water partition coefficient (Wildman–Crippen LogP) is 2.06. The summed E-state index contributed by atoms with van der Waals surface area (Å²) in [6.45, 7) is 0. The summed E-state index contributed by atoms with van der Waals surface area (Å²) in [7, 11) is -3.12. The zero-order valence-corrected chi connectivity index (χ0v) is 16.0. The Morgan fingerprint density at radius 1 is 1.31 bits per heavy atom. The number of para-hydroxylation sites is 1. The minimum atomic E-state index is -4.34. The number of nitro benzene ring substituents is 1. The van der Waals surface area contributed by atoms with Gasteiger partial charge in [-0.25, -0.2) is 8.42 Å². The van der Waals surface area contributed by atoms with Crippen molar-refractivity contribution in [1.82, 2.24) is 9.71 Å². The van der Waals surface area contributed by atoms with Crippen LogP contribution in [0.25, 0.3) is 10.9 Å². The van der Waals surface area contributed by atoms with E-state index in [0.717, 1.165) is 29.1 Å². The van der Waals surface area contributed by atoms with Crippen molar-refractivity contribution in [2.75, 3.05) is 7.11 Å². The average Bonchev–Trinajstić information content (AvgIpc) is 3.09. The number of hydrogen-bond donors (Lipinski definition) is 3. The standard InChI is InChI=1S/C18H17N3O7S/c1-28-17-7-6-12(9-16(17)21(24)25)29(26,27)20-15(18(22)23)8-11-10-19-14-5-3-2-4-13(11)14/h2-7,9-10,15,19-20H,8H2,1H3,(H,22,23)/t15-/m0/s1. The molecular weight excluding hydrogens is 402 g/mol. The second kappa shape index (κ2) is 7.89. The van der Waals surface area contributed by atoms with Gasteiger partial charge < -0.3 is 14.8 Å².